The Hall–Kier alpha value is -0.610. The molecular weight excluding hydrogens is 218 g/mol. The monoisotopic (exact) mass is 239 g/mol. The zero-order chi connectivity index (χ0) is 11.6. The molecule has 1 aromatic heterocycles. The maximum atomic E-state index is 4.51. The number of aromatic nitrogens is 1. The number of nitrogens with zero attached hydrogens (tertiary/aromatic N) is 1. The number of anilines is 1. The normalized spacial score (nSPS) is 25.7. The summed E-state index contributed by atoms with van der Waals surface area (Å²) in [6, 6.07) is 0. The van der Waals surface area contributed by atoms with Gasteiger partial charge in [-0.05, 0) is 38.6 Å². The zero-order valence-electron chi connectivity index (χ0n) is 10.4. The fourth-order valence-corrected chi connectivity index (χ4v) is 2.92. The maximum absolute atomic E-state index is 4.51. The Bertz CT molecular complexity index is 334. The van der Waals surface area contributed by atoms with Gasteiger partial charge in [0.25, 0.3) is 0 Å². The van der Waals surface area contributed by atoms with Crippen LogP contribution in [0.3, 0.4) is 0 Å². The van der Waals surface area contributed by atoms with Gasteiger partial charge in [0.1, 0.15) is 0 Å². The van der Waals surface area contributed by atoms with Crippen molar-refractivity contribution in [3.8, 4) is 0 Å². The van der Waals surface area contributed by atoms with E-state index >= 15 is 0 Å². The van der Waals surface area contributed by atoms with E-state index in [2.05, 4.69) is 36.4 Å². The van der Waals surface area contributed by atoms with Gasteiger partial charge >= 0.3 is 0 Å². The molecule has 0 spiro atoms. The van der Waals surface area contributed by atoms with Crippen molar-refractivity contribution in [2.75, 3.05) is 25.0 Å². The summed E-state index contributed by atoms with van der Waals surface area (Å²) in [4.78, 5) is 5.83. The third-order valence-corrected chi connectivity index (χ3v) is 4.41. The summed E-state index contributed by atoms with van der Waals surface area (Å²) < 4.78 is 0. The first-order chi connectivity index (χ1) is 7.59. The van der Waals surface area contributed by atoms with Gasteiger partial charge in [-0.1, -0.05) is 6.92 Å². The molecule has 2 rings (SSSR count). The van der Waals surface area contributed by atoms with E-state index in [0.717, 1.165) is 23.9 Å². The molecule has 0 bridgehead atoms. The van der Waals surface area contributed by atoms with Crippen LogP contribution in [-0.2, 0) is 0 Å². The van der Waals surface area contributed by atoms with Gasteiger partial charge in [-0.2, -0.15) is 0 Å². The van der Waals surface area contributed by atoms with Gasteiger partial charge < -0.3 is 10.6 Å². The van der Waals surface area contributed by atoms with Crippen molar-refractivity contribution >= 4 is 16.5 Å². The lowest BCUT2D eigenvalue weighted by atomic mass is 9.83. The van der Waals surface area contributed by atoms with Crippen molar-refractivity contribution in [1.29, 1.82) is 0 Å². The Morgan fingerprint density at radius 1 is 1.50 bits per heavy atom. The molecule has 0 amide bonds. The third kappa shape index (κ3) is 2.74. The molecule has 2 heterocycles. The first-order valence-electron chi connectivity index (χ1n) is 5.98. The summed E-state index contributed by atoms with van der Waals surface area (Å²) in [7, 11) is 0. The first-order valence-corrected chi connectivity index (χ1v) is 6.79. The summed E-state index contributed by atoms with van der Waals surface area (Å²) in [5, 5.41) is 8.03. The molecule has 1 atom stereocenters. The summed E-state index contributed by atoms with van der Waals surface area (Å²) in [5.74, 6) is 0. The van der Waals surface area contributed by atoms with Crippen LogP contribution in [-0.4, -0.2) is 24.6 Å². The van der Waals surface area contributed by atoms with Gasteiger partial charge in [-0.3, -0.25) is 0 Å². The van der Waals surface area contributed by atoms with Gasteiger partial charge in [0, 0.05) is 18.0 Å². The number of piperidine rings is 1. The van der Waals surface area contributed by atoms with Gasteiger partial charge in [-0.25, -0.2) is 4.98 Å². The second kappa shape index (κ2) is 4.72. The predicted molar refractivity (Wildman–Crippen MR) is 70.3 cm³/mol. The van der Waals surface area contributed by atoms with E-state index in [-0.39, 0.29) is 0 Å². The Labute approximate surface area is 102 Å². The topological polar surface area (TPSA) is 37.0 Å². The van der Waals surface area contributed by atoms with Gasteiger partial charge in [0.05, 0.1) is 5.69 Å². The summed E-state index contributed by atoms with van der Waals surface area (Å²) >= 11 is 1.76. The second-order valence-electron chi connectivity index (χ2n) is 5.11. The summed E-state index contributed by atoms with van der Waals surface area (Å²) in [5.41, 5.74) is 1.53. The minimum Gasteiger partial charge on any atom is -0.361 e. The molecule has 3 nitrogen and oxygen atoms in total. The SMILES string of the molecule is Cc1nc(NCC2(C)CCCNC2)sc1C. The number of aryl methyl sites for hydroxylation is 2. The van der Waals surface area contributed by atoms with Crippen molar-refractivity contribution in [3.05, 3.63) is 10.6 Å². The van der Waals surface area contributed by atoms with E-state index in [9.17, 15) is 0 Å². The highest BCUT2D eigenvalue weighted by atomic mass is 32.1. The van der Waals surface area contributed by atoms with Crippen molar-refractivity contribution in [3.63, 3.8) is 0 Å². The van der Waals surface area contributed by atoms with Crippen LogP contribution in [0, 0.1) is 19.3 Å². The first kappa shape index (κ1) is 11.9. The van der Waals surface area contributed by atoms with Gasteiger partial charge in [0.15, 0.2) is 5.13 Å². The lowest BCUT2D eigenvalue weighted by molar-refractivity contribution is 0.253. The molecule has 0 aromatic carbocycles. The molecule has 1 unspecified atom stereocenters. The highest BCUT2D eigenvalue weighted by Gasteiger charge is 2.26. The van der Waals surface area contributed by atoms with Crippen molar-refractivity contribution < 1.29 is 0 Å². The van der Waals surface area contributed by atoms with E-state index in [1.54, 1.807) is 11.3 Å². The fourth-order valence-electron chi connectivity index (χ4n) is 2.11. The van der Waals surface area contributed by atoms with Crippen LogP contribution in [0.25, 0.3) is 0 Å². The largest absolute Gasteiger partial charge is 0.361 e. The Morgan fingerprint density at radius 2 is 2.31 bits per heavy atom. The Balaban J connectivity index is 1.91. The highest BCUT2D eigenvalue weighted by Crippen LogP contribution is 2.27. The number of rotatable bonds is 3. The summed E-state index contributed by atoms with van der Waals surface area (Å²) in [6.45, 7) is 9.85. The fraction of sp³-hybridized carbons (Fsp3) is 0.750. The Morgan fingerprint density at radius 3 is 2.88 bits per heavy atom. The lowest BCUT2D eigenvalue weighted by Gasteiger charge is -2.34. The average Bonchev–Trinajstić information content (AvgIpc) is 2.57. The van der Waals surface area contributed by atoms with E-state index in [4.69, 9.17) is 0 Å². The van der Waals surface area contributed by atoms with E-state index in [1.807, 2.05) is 0 Å². The highest BCUT2D eigenvalue weighted by molar-refractivity contribution is 7.15. The number of nitrogens with one attached hydrogen (secondary N) is 2. The van der Waals surface area contributed by atoms with Crippen LogP contribution in [0.4, 0.5) is 5.13 Å². The molecule has 1 fully saturated rings. The predicted octanol–water partition coefficient (Wildman–Crippen LogP) is 2.56. The molecule has 2 N–H and O–H groups in total. The van der Waals surface area contributed by atoms with Crippen LogP contribution in [0.5, 0.6) is 0 Å². The molecule has 1 aliphatic rings. The molecular formula is C12H21N3S. The molecule has 1 saturated heterocycles. The minimum atomic E-state index is 0.381. The molecule has 90 valence electrons. The quantitative estimate of drug-likeness (QED) is 0.851. The second-order valence-corrected chi connectivity index (χ2v) is 6.31. The van der Waals surface area contributed by atoms with Crippen LogP contribution in [0.2, 0.25) is 0 Å². The molecule has 1 aromatic rings. The van der Waals surface area contributed by atoms with Crippen LogP contribution >= 0.6 is 11.3 Å². The number of hydrogen-bond acceptors (Lipinski definition) is 4. The average molecular weight is 239 g/mol. The van der Waals surface area contributed by atoms with Crippen LogP contribution < -0.4 is 10.6 Å². The lowest BCUT2D eigenvalue weighted by Crippen LogP contribution is -2.42. The van der Waals surface area contributed by atoms with Crippen molar-refractivity contribution in [1.82, 2.24) is 10.3 Å². The smallest absolute Gasteiger partial charge is 0.183 e. The number of hydrogen-bond donors (Lipinski definition) is 2. The molecule has 1 aliphatic heterocycles. The molecule has 4 heteroatoms. The maximum Gasteiger partial charge on any atom is 0.183 e. The van der Waals surface area contributed by atoms with E-state index in [1.165, 1.54) is 24.3 Å². The molecule has 0 aliphatic carbocycles. The van der Waals surface area contributed by atoms with Gasteiger partial charge in [0.2, 0.25) is 0 Å². The summed E-state index contributed by atoms with van der Waals surface area (Å²) in [6.07, 6.45) is 2.59. The van der Waals surface area contributed by atoms with E-state index < -0.39 is 0 Å². The van der Waals surface area contributed by atoms with E-state index in [0.29, 0.717) is 5.41 Å². The number of thiazole rings is 1. The van der Waals surface area contributed by atoms with Crippen LogP contribution in [0.1, 0.15) is 30.3 Å². The molecule has 16 heavy (non-hydrogen) atoms. The standard InChI is InChI=1S/C12H21N3S/c1-9-10(2)16-11(15-9)14-8-12(3)5-4-6-13-7-12/h13H,4-8H2,1-3H3,(H,14,15). The Kier molecular flexibility index (Phi) is 3.50. The van der Waals surface area contributed by atoms with Crippen molar-refractivity contribution in [2.24, 2.45) is 5.41 Å². The van der Waals surface area contributed by atoms with Gasteiger partial charge in [-0.15, -0.1) is 11.3 Å². The van der Waals surface area contributed by atoms with Crippen LogP contribution in [0.15, 0.2) is 0 Å². The third-order valence-electron chi connectivity index (χ3n) is 3.38. The zero-order valence-corrected chi connectivity index (χ0v) is 11.2. The van der Waals surface area contributed by atoms with Crippen molar-refractivity contribution in [2.45, 2.75) is 33.6 Å². The molecule has 0 radical (unpaired) electrons. The minimum absolute atomic E-state index is 0.381. The molecule has 0 saturated carbocycles.